The molecule has 1 aromatic carbocycles. The van der Waals surface area contributed by atoms with Crippen LogP contribution >= 0.6 is 0 Å². The van der Waals surface area contributed by atoms with Crippen LogP contribution in [0.5, 0.6) is 0 Å². The molecule has 0 amide bonds. The lowest BCUT2D eigenvalue weighted by Crippen LogP contribution is -2.29. The summed E-state index contributed by atoms with van der Waals surface area (Å²) in [4.78, 5) is 0. The van der Waals surface area contributed by atoms with Crippen molar-refractivity contribution < 1.29 is 0 Å². The molecule has 3 N–H and O–H groups in total. The zero-order valence-corrected chi connectivity index (χ0v) is 11.7. The van der Waals surface area contributed by atoms with Gasteiger partial charge in [-0.3, -0.25) is 0 Å². The predicted octanol–water partition coefficient (Wildman–Crippen LogP) is 3.49. The maximum Gasteiger partial charge on any atom is 0.0402 e. The van der Waals surface area contributed by atoms with Gasteiger partial charge in [0.25, 0.3) is 0 Å². The van der Waals surface area contributed by atoms with Gasteiger partial charge in [0.05, 0.1) is 0 Å². The van der Waals surface area contributed by atoms with E-state index in [9.17, 15) is 0 Å². The Hall–Kier alpha value is -1.02. The average Bonchev–Trinajstić information content (AvgIpc) is 2.39. The second kappa shape index (κ2) is 6.24. The summed E-state index contributed by atoms with van der Waals surface area (Å²) < 4.78 is 0. The first-order valence-electron chi connectivity index (χ1n) is 7.28. The molecule has 0 spiro atoms. The quantitative estimate of drug-likeness (QED) is 0.853. The Labute approximate surface area is 111 Å². The molecule has 2 heteroatoms. The van der Waals surface area contributed by atoms with Crippen molar-refractivity contribution in [3.8, 4) is 0 Å². The monoisotopic (exact) mass is 246 g/mol. The summed E-state index contributed by atoms with van der Waals surface area (Å²) >= 11 is 0. The Balaban J connectivity index is 1.93. The van der Waals surface area contributed by atoms with Gasteiger partial charge in [0.15, 0.2) is 0 Å². The fourth-order valence-corrected chi connectivity index (χ4v) is 2.91. The molecular formula is C16H26N2. The summed E-state index contributed by atoms with van der Waals surface area (Å²) in [7, 11) is 0. The highest BCUT2D eigenvalue weighted by Gasteiger charge is 2.18. The first-order valence-corrected chi connectivity index (χ1v) is 7.28. The maximum absolute atomic E-state index is 5.95. The molecule has 2 nitrogen and oxygen atoms in total. The van der Waals surface area contributed by atoms with E-state index in [1.807, 2.05) is 0 Å². The van der Waals surface area contributed by atoms with Crippen LogP contribution in [-0.4, -0.2) is 12.6 Å². The lowest BCUT2D eigenvalue weighted by molar-refractivity contribution is 0.338. The minimum Gasteiger partial charge on any atom is -0.384 e. The molecule has 1 aromatic rings. The highest BCUT2D eigenvalue weighted by atomic mass is 14.9. The molecule has 0 atom stereocenters. The molecule has 1 aliphatic carbocycles. The zero-order chi connectivity index (χ0) is 13.0. The summed E-state index contributed by atoms with van der Waals surface area (Å²) in [5.41, 5.74) is 10.1. The van der Waals surface area contributed by atoms with Crippen LogP contribution in [0.3, 0.4) is 0 Å². The molecule has 0 heterocycles. The standard InChI is InChI=1S/C16H26N2/c1-3-14-6-4-5-12(2)16(14)18-11-13-7-9-15(17)10-8-13/h4-6,13,15,18H,3,7-11,17H2,1-2H3. The third-order valence-electron chi connectivity index (χ3n) is 4.20. The number of hydrogen-bond acceptors (Lipinski definition) is 2. The van der Waals surface area contributed by atoms with Crippen molar-refractivity contribution >= 4 is 5.69 Å². The van der Waals surface area contributed by atoms with Crippen LogP contribution in [0.1, 0.15) is 43.7 Å². The molecule has 18 heavy (non-hydrogen) atoms. The Morgan fingerprint density at radius 1 is 1.22 bits per heavy atom. The normalized spacial score (nSPS) is 23.9. The number of rotatable bonds is 4. The third kappa shape index (κ3) is 3.26. The smallest absolute Gasteiger partial charge is 0.0402 e. The van der Waals surface area contributed by atoms with Gasteiger partial charge in [-0.1, -0.05) is 25.1 Å². The Bertz CT molecular complexity index is 379. The first kappa shape index (κ1) is 13.4. The van der Waals surface area contributed by atoms with E-state index in [1.54, 1.807) is 0 Å². The number of nitrogens with two attached hydrogens (primary N) is 1. The van der Waals surface area contributed by atoms with E-state index in [0.29, 0.717) is 6.04 Å². The van der Waals surface area contributed by atoms with Gasteiger partial charge in [-0.2, -0.15) is 0 Å². The van der Waals surface area contributed by atoms with E-state index in [0.717, 1.165) is 18.9 Å². The fraction of sp³-hybridized carbons (Fsp3) is 0.625. The van der Waals surface area contributed by atoms with Gasteiger partial charge in [-0.05, 0) is 56.1 Å². The topological polar surface area (TPSA) is 38.0 Å². The molecule has 0 unspecified atom stereocenters. The predicted molar refractivity (Wildman–Crippen MR) is 79.0 cm³/mol. The highest BCUT2D eigenvalue weighted by molar-refractivity contribution is 5.57. The van der Waals surface area contributed by atoms with Crippen LogP contribution in [0.15, 0.2) is 18.2 Å². The van der Waals surface area contributed by atoms with E-state index < -0.39 is 0 Å². The molecule has 2 rings (SSSR count). The van der Waals surface area contributed by atoms with E-state index >= 15 is 0 Å². The number of anilines is 1. The van der Waals surface area contributed by atoms with Gasteiger partial charge < -0.3 is 11.1 Å². The van der Waals surface area contributed by atoms with Crippen LogP contribution in [0.4, 0.5) is 5.69 Å². The van der Waals surface area contributed by atoms with Crippen LogP contribution in [0.2, 0.25) is 0 Å². The van der Waals surface area contributed by atoms with Crippen LogP contribution in [0, 0.1) is 12.8 Å². The number of nitrogens with one attached hydrogen (secondary N) is 1. The maximum atomic E-state index is 5.95. The van der Waals surface area contributed by atoms with E-state index in [1.165, 1.54) is 42.5 Å². The molecule has 1 saturated carbocycles. The van der Waals surface area contributed by atoms with Gasteiger partial charge in [0.2, 0.25) is 0 Å². The number of hydrogen-bond donors (Lipinski definition) is 2. The molecule has 1 fully saturated rings. The second-order valence-corrected chi connectivity index (χ2v) is 5.62. The molecule has 0 saturated heterocycles. The molecule has 0 radical (unpaired) electrons. The largest absolute Gasteiger partial charge is 0.384 e. The van der Waals surface area contributed by atoms with Gasteiger partial charge in [-0.15, -0.1) is 0 Å². The van der Waals surface area contributed by atoms with Crippen molar-refractivity contribution in [1.82, 2.24) is 0 Å². The molecule has 1 aliphatic rings. The molecule has 0 aliphatic heterocycles. The minimum absolute atomic E-state index is 0.450. The van der Waals surface area contributed by atoms with Crippen LogP contribution < -0.4 is 11.1 Å². The Morgan fingerprint density at radius 2 is 1.94 bits per heavy atom. The van der Waals surface area contributed by atoms with Crippen molar-refractivity contribution in [2.75, 3.05) is 11.9 Å². The molecule has 0 bridgehead atoms. The van der Waals surface area contributed by atoms with Crippen molar-refractivity contribution in [1.29, 1.82) is 0 Å². The van der Waals surface area contributed by atoms with Gasteiger partial charge >= 0.3 is 0 Å². The number of para-hydroxylation sites is 1. The summed E-state index contributed by atoms with van der Waals surface area (Å²) in [5, 5.41) is 3.68. The van der Waals surface area contributed by atoms with E-state index in [4.69, 9.17) is 5.73 Å². The molecular weight excluding hydrogens is 220 g/mol. The summed E-state index contributed by atoms with van der Waals surface area (Å²) in [6.07, 6.45) is 6.05. The van der Waals surface area contributed by atoms with Crippen LogP contribution in [-0.2, 0) is 6.42 Å². The van der Waals surface area contributed by atoms with Crippen molar-refractivity contribution in [3.63, 3.8) is 0 Å². The van der Waals surface area contributed by atoms with Crippen LogP contribution in [0.25, 0.3) is 0 Å². The number of benzene rings is 1. The van der Waals surface area contributed by atoms with Crippen molar-refractivity contribution in [3.05, 3.63) is 29.3 Å². The third-order valence-corrected chi connectivity index (χ3v) is 4.20. The van der Waals surface area contributed by atoms with E-state index in [2.05, 4.69) is 37.4 Å². The Kier molecular flexibility index (Phi) is 4.65. The lowest BCUT2D eigenvalue weighted by atomic mass is 9.86. The van der Waals surface area contributed by atoms with Gasteiger partial charge in [0, 0.05) is 18.3 Å². The van der Waals surface area contributed by atoms with Crippen molar-refractivity contribution in [2.45, 2.75) is 52.0 Å². The first-order chi connectivity index (χ1) is 8.70. The highest BCUT2D eigenvalue weighted by Crippen LogP contribution is 2.26. The Morgan fingerprint density at radius 3 is 2.61 bits per heavy atom. The summed E-state index contributed by atoms with van der Waals surface area (Å²) in [6, 6.07) is 7.02. The summed E-state index contributed by atoms with van der Waals surface area (Å²) in [6.45, 7) is 5.52. The summed E-state index contributed by atoms with van der Waals surface area (Å²) in [5.74, 6) is 0.800. The lowest BCUT2D eigenvalue weighted by Gasteiger charge is -2.27. The minimum atomic E-state index is 0.450. The second-order valence-electron chi connectivity index (χ2n) is 5.62. The van der Waals surface area contributed by atoms with Gasteiger partial charge in [-0.25, -0.2) is 0 Å². The zero-order valence-electron chi connectivity index (χ0n) is 11.7. The van der Waals surface area contributed by atoms with Gasteiger partial charge in [0.1, 0.15) is 0 Å². The van der Waals surface area contributed by atoms with Crippen molar-refractivity contribution in [2.24, 2.45) is 11.7 Å². The average molecular weight is 246 g/mol. The molecule has 100 valence electrons. The SMILES string of the molecule is CCc1cccc(C)c1NCC1CCC(N)CC1. The fourth-order valence-electron chi connectivity index (χ4n) is 2.91. The van der Waals surface area contributed by atoms with E-state index in [-0.39, 0.29) is 0 Å². The number of aryl methyl sites for hydroxylation is 2. The molecule has 0 aromatic heterocycles.